The summed E-state index contributed by atoms with van der Waals surface area (Å²) in [5, 5.41) is 3.23. The van der Waals surface area contributed by atoms with E-state index in [-0.39, 0.29) is 18.0 Å². The summed E-state index contributed by atoms with van der Waals surface area (Å²) in [6.07, 6.45) is 0. The van der Waals surface area contributed by atoms with Crippen LogP contribution in [0.3, 0.4) is 0 Å². The normalized spacial score (nSPS) is 10.3. The Hall–Kier alpha value is -2.07. The monoisotopic (exact) mass is 290 g/mol. The van der Waals surface area contributed by atoms with Crippen LogP contribution in [-0.4, -0.2) is 10.9 Å². The summed E-state index contributed by atoms with van der Waals surface area (Å²) in [4.78, 5) is 26.5. The summed E-state index contributed by atoms with van der Waals surface area (Å²) in [5.74, 6) is -0.258. The van der Waals surface area contributed by atoms with Gasteiger partial charge in [-0.05, 0) is 43.7 Å². The Labute approximate surface area is 121 Å². The largest absolute Gasteiger partial charge is 0.348 e. The second-order valence-corrected chi connectivity index (χ2v) is 5.07. The van der Waals surface area contributed by atoms with Gasteiger partial charge in [-0.3, -0.25) is 9.59 Å². The molecule has 0 saturated heterocycles. The first-order chi connectivity index (χ1) is 9.47. The number of nitrogens with one attached hydrogen (secondary N) is 2. The number of carbonyl (C=O) groups is 1. The molecule has 0 bridgehead atoms. The molecule has 1 heterocycles. The molecule has 2 N–H and O–H groups in total. The average Bonchev–Trinajstić information content (AvgIpc) is 2.37. The summed E-state index contributed by atoms with van der Waals surface area (Å²) in [6.45, 7) is 3.86. The molecule has 4 nitrogen and oxygen atoms in total. The third-order valence-electron chi connectivity index (χ3n) is 3.01. The molecule has 1 aromatic carbocycles. The maximum atomic E-state index is 12.0. The number of aryl methyl sites for hydroxylation is 2. The van der Waals surface area contributed by atoms with Gasteiger partial charge in [0.1, 0.15) is 0 Å². The molecule has 20 heavy (non-hydrogen) atoms. The van der Waals surface area contributed by atoms with Crippen LogP contribution >= 0.6 is 11.6 Å². The van der Waals surface area contributed by atoms with E-state index in [1.807, 2.05) is 19.9 Å². The van der Waals surface area contributed by atoms with Gasteiger partial charge in [-0.1, -0.05) is 17.7 Å². The van der Waals surface area contributed by atoms with Crippen molar-refractivity contribution in [3.05, 3.63) is 68.1 Å². The number of benzene rings is 1. The number of rotatable bonds is 3. The molecule has 0 spiro atoms. The molecular weight excluding hydrogens is 276 g/mol. The Morgan fingerprint density at radius 3 is 2.70 bits per heavy atom. The van der Waals surface area contributed by atoms with Crippen molar-refractivity contribution in [2.45, 2.75) is 20.4 Å². The van der Waals surface area contributed by atoms with Gasteiger partial charge in [0.15, 0.2) is 0 Å². The van der Waals surface area contributed by atoms with Crippen LogP contribution in [0.2, 0.25) is 5.02 Å². The van der Waals surface area contributed by atoms with E-state index in [4.69, 9.17) is 11.6 Å². The zero-order valence-corrected chi connectivity index (χ0v) is 12.0. The van der Waals surface area contributed by atoms with Crippen LogP contribution in [0, 0.1) is 13.8 Å². The lowest BCUT2D eigenvalue weighted by molar-refractivity contribution is 0.0951. The summed E-state index contributed by atoms with van der Waals surface area (Å²) < 4.78 is 0. The second-order valence-electron chi connectivity index (χ2n) is 4.64. The predicted molar refractivity (Wildman–Crippen MR) is 79.2 cm³/mol. The average molecular weight is 291 g/mol. The van der Waals surface area contributed by atoms with Gasteiger partial charge < -0.3 is 10.3 Å². The van der Waals surface area contributed by atoms with Crippen molar-refractivity contribution < 1.29 is 4.79 Å². The van der Waals surface area contributed by atoms with Gasteiger partial charge >= 0.3 is 0 Å². The fourth-order valence-electron chi connectivity index (χ4n) is 2.00. The van der Waals surface area contributed by atoms with Crippen molar-refractivity contribution in [3.63, 3.8) is 0 Å². The van der Waals surface area contributed by atoms with Crippen LogP contribution in [-0.2, 0) is 6.54 Å². The van der Waals surface area contributed by atoms with Gasteiger partial charge in [0.25, 0.3) is 11.5 Å². The Morgan fingerprint density at radius 1 is 1.30 bits per heavy atom. The molecule has 0 aliphatic carbocycles. The van der Waals surface area contributed by atoms with E-state index in [2.05, 4.69) is 10.3 Å². The summed E-state index contributed by atoms with van der Waals surface area (Å²) in [7, 11) is 0. The van der Waals surface area contributed by atoms with Gasteiger partial charge in [0.2, 0.25) is 0 Å². The molecule has 2 aromatic rings. The van der Waals surface area contributed by atoms with Gasteiger partial charge in [-0.15, -0.1) is 0 Å². The highest BCUT2D eigenvalue weighted by atomic mass is 35.5. The molecule has 0 radical (unpaired) electrons. The molecule has 1 amide bonds. The number of hydrogen-bond acceptors (Lipinski definition) is 2. The summed E-state index contributed by atoms with van der Waals surface area (Å²) in [5.41, 5.74) is 2.52. The summed E-state index contributed by atoms with van der Waals surface area (Å²) in [6, 6.07) is 8.55. The minimum atomic E-state index is -0.258. The first kappa shape index (κ1) is 14.3. The van der Waals surface area contributed by atoms with E-state index >= 15 is 0 Å². The van der Waals surface area contributed by atoms with E-state index in [0.717, 1.165) is 11.3 Å². The topological polar surface area (TPSA) is 62.0 Å². The van der Waals surface area contributed by atoms with Gasteiger partial charge in [0, 0.05) is 28.4 Å². The van der Waals surface area contributed by atoms with Gasteiger partial charge in [-0.25, -0.2) is 0 Å². The number of halogens is 1. The van der Waals surface area contributed by atoms with Crippen molar-refractivity contribution in [3.8, 4) is 0 Å². The third kappa shape index (κ3) is 3.27. The van der Waals surface area contributed by atoms with E-state index in [9.17, 15) is 9.59 Å². The van der Waals surface area contributed by atoms with Crippen molar-refractivity contribution in [1.82, 2.24) is 10.3 Å². The molecule has 0 atom stereocenters. The van der Waals surface area contributed by atoms with E-state index < -0.39 is 0 Å². The van der Waals surface area contributed by atoms with Crippen molar-refractivity contribution in [2.24, 2.45) is 0 Å². The molecular formula is C15H15ClN2O2. The lowest BCUT2D eigenvalue weighted by Crippen LogP contribution is -2.27. The Balaban J connectivity index is 2.13. The van der Waals surface area contributed by atoms with Crippen LogP contribution in [0.1, 0.15) is 27.2 Å². The first-order valence-electron chi connectivity index (χ1n) is 6.20. The Kier molecular flexibility index (Phi) is 4.25. The van der Waals surface area contributed by atoms with E-state index in [0.29, 0.717) is 16.1 Å². The highest BCUT2D eigenvalue weighted by Crippen LogP contribution is 2.11. The minimum absolute atomic E-state index is 0.172. The Bertz CT molecular complexity index is 707. The van der Waals surface area contributed by atoms with Crippen LogP contribution in [0.4, 0.5) is 0 Å². The molecule has 2 rings (SSSR count). The number of pyridine rings is 1. The predicted octanol–water partition coefficient (Wildman–Crippen LogP) is 2.58. The van der Waals surface area contributed by atoms with E-state index in [1.165, 1.54) is 0 Å². The molecule has 0 aliphatic rings. The maximum Gasteiger partial charge on any atom is 0.253 e. The quantitative estimate of drug-likeness (QED) is 0.912. The van der Waals surface area contributed by atoms with Crippen LogP contribution < -0.4 is 10.9 Å². The molecule has 0 unspecified atom stereocenters. The fourth-order valence-corrected chi connectivity index (χ4v) is 2.19. The third-order valence-corrected chi connectivity index (χ3v) is 3.24. The van der Waals surface area contributed by atoms with Gasteiger partial charge in [0.05, 0.1) is 0 Å². The maximum absolute atomic E-state index is 12.0. The zero-order valence-electron chi connectivity index (χ0n) is 11.3. The summed E-state index contributed by atoms with van der Waals surface area (Å²) >= 11 is 5.84. The van der Waals surface area contributed by atoms with Crippen LogP contribution in [0.25, 0.3) is 0 Å². The minimum Gasteiger partial charge on any atom is -0.348 e. The fraction of sp³-hybridized carbons (Fsp3) is 0.200. The SMILES string of the molecule is Cc1cc(C)c(CNC(=O)c2cccc(Cl)c2)c(=O)[nH]1. The van der Waals surface area contributed by atoms with Gasteiger partial charge in [-0.2, -0.15) is 0 Å². The Morgan fingerprint density at radius 2 is 2.05 bits per heavy atom. The number of amides is 1. The van der Waals surface area contributed by atoms with Crippen molar-refractivity contribution in [1.29, 1.82) is 0 Å². The van der Waals surface area contributed by atoms with Crippen LogP contribution in [0.5, 0.6) is 0 Å². The number of aromatic nitrogens is 1. The molecule has 0 saturated carbocycles. The van der Waals surface area contributed by atoms with Crippen molar-refractivity contribution in [2.75, 3.05) is 0 Å². The number of H-pyrrole nitrogens is 1. The molecule has 0 aliphatic heterocycles. The van der Waals surface area contributed by atoms with E-state index in [1.54, 1.807) is 24.3 Å². The molecule has 5 heteroatoms. The number of aromatic amines is 1. The number of carbonyl (C=O) groups excluding carboxylic acids is 1. The standard InChI is InChI=1S/C15H15ClN2O2/c1-9-6-10(2)18-15(20)13(9)8-17-14(19)11-4-3-5-12(16)7-11/h3-7H,8H2,1-2H3,(H,17,19)(H,18,20). The van der Waals surface area contributed by atoms with Crippen molar-refractivity contribution >= 4 is 17.5 Å². The first-order valence-corrected chi connectivity index (χ1v) is 6.58. The van der Waals surface area contributed by atoms with Crippen LogP contribution in [0.15, 0.2) is 35.1 Å². The smallest absolute Gasteiger partial charge is 0.253 e. The second kappa shape index (κ2) is 5.92. The highest BCUT2D eigenvalue weighted by molar-refractivity contribution is 6.30. The lowest BCUT2D eigenvalue weighted by atomic mass is 10.1. The number of hydrogen-bond donors (Lipinski definition) is 2. The zero-order chi connectivity index (χ0) is 14.7. The highest BCUT2D eigenvalue weighted by Gasteiger charge is 2.09. The molecule has 104 valence electrons. The molecule has 1 aromatic heterocycles. The molecule has 0 fully saturated rings. The lowest BCUT2D eigenvalue weighted by Gasteiger charge is -2.08.